The molecule has 0 bridgehead atoms. The second kappa shape index (κ2) is 13.3. The Labute approximate surface area is 324 Å². The van der Waals surface area contributed by atoms with Gasteiger partial charge >= 0.3 is 0 Å². The van der Waals surface area contributed by atoms with Gasteiger partial charge in [0.15, 0.2) is 17.5 Å². The fourth-order valence-electron chi connectivity index (χ4n) is 8.38. The number of rotatable bonds is 6. The van der Waals surface area contributed by atoms with Crippen molar-refractivity contribution < 1.29 is 8.83 Å². The van der Waals surface area contributed by atoms with E-state index < -0.39 is 0 Å². The molecule has 11 rings (SSSR count). The lowest BCUT2D eigenvalue weighted by Gasteiger charge is -2.20. The lowest BCUT2D eigenvalue weighted by Crippen LogP contribution is -2.05. The SMILES string of the molecule is C1=CC(C2CC=Cc3c2oc2cccc(-c4cccc(-c5cccc(-c6nc(-c7ccccc7)nc(-c7ccc8c(c7)oc7ccccc78)n6)c5)c4)c32)=CCC1. The van der Waals surface area contributed by atoms with Gasteiger partial charge in [0, 0.05) is 44.3 Å². The van der Waals surface area contributed by atoms with E-state index in [1.54, 1.807) is 0 Å². The summed E-state index contributed by atoms with van der Waals surface area (Å²) in [7, 11) is 0. The number of fused-ring (bicyclic) bond motifs is 6. The summed E-state index contributed by atoms with van der Waals surface area (Å²) in [5.41, 5.74) is 12.3. The Morgan fingerprint density at radius 1 is 0.464 bits per heavy atom. The average Bonchev–Trinajstić information content (AvgIpc) is 3.85. The second-order valence-corrected chi connectivity index (χ2v) is 14.6. The minimum absolute atomic E-state index is 0.243. The van der Waals surface area contributed by atoms with Crippen molar-refractivity contribution in [2.75, 3.05) is 0 Å². The number of allylic oxidation sites excluding steroid dienone is 5. The molecule has 0 saturated heterocycles. The van der Waals surface area contributed by atoms with Gasteiger partial charge in [0.25, 0.3) is 0 Å². The van der Waals surface area contributed by atoms with Crippen LogP contribution in [0.25, 0.3) is 95.4 Å². The van der Waals surface area contributed by atoms with Crippen LogP contribution in [0.3, 0.4) is 0 Å². The highest BCUT2D eigenvalue weighted by Gasteiger charge is 2.27. The molecule has 3 heterocycles. The van der Waals surface area contributed by atoms with E-state index in [0.29, 0.717) is 17.5 Å². The minimum Gasteiger partial charge on any atom is -0.460 e. The molecule has 0 fully saturated rings. The van der Waals surface area contributed by atoms with E-state index in [1.165, 1.54) is 22.1 Å². The molecule has 5 nitrogen and oxygen atoms in total. The molecule has 6 aromatic carbocycles. The van der Waals surface area contributed by atoms with Crippen molar-refractivity contribution in [1.82, 2.24) is 15.0 Å². The summed E-state index contributed by atoms with van der Waals surface area (Å²) in [5, 5.41) is 3.32. The Morgan fingerprint density at radius 3 is 1.95 bits per heavy atom. The Morgan fingerprint density at radius 2 is 1.12 bits per heavy atom. The lowest BCUT2D eigenvalue weighted by molar-refractivity contribution is 0.515. The van der Waals surface area contributed by atoms with E-state index in [4.69, 9.17) is 23.8 Å². The van der Waals surface area contributed by atoms with Crippen LogP contribution in [0.2, 0.25) is 0 Å². The molecule has 0 amide bonds. The number of para-hydroxylation sites is 1. The standard InChI is InChI=1S/C51H35N3O2/c1-3-13-32(14-4-1)40-23-11-24-43-47-39(22-12-26-45(47)56-48(40)43)36-19-9-17-34(29-36)35-18-10-20-37(30-35)50-52-49(33-15-5-2-6-16-33)53-51(54-50)38-27-28-42-41-21-7-8-25-44(41)55-46(42)31-38/h2-3,5-22,24-31,40H,1,4,23H2. The van der Waals surface area contributed by atoms with Gasteiger partial charge in [0.2, 0.25) is 0 Å². The molecule has 0 aliphatic heterocycles. The molecule has 9 aromatic rings. The maximum atomic E-state index is 6.67. The number of hydrogen-bond acceptors (Lipinski definition) is 5. The summed E-state index contributed by atoms with van der Waals surface area (Å²) in [6, 6.07) is 48.1. The normalized spacial score (nSPS) is 15.1. The van der Waals surface area contributed by atoms with Gasteiger partial charge in [0.1, 0.15) is 22.5 Å². The molecule has 3 aromatic heterocycles. The molecule has 266 valence electrons. The van der Waals surface area contributed by atoms with Gasteiger partial charge in [-0.15, -0.1) is 0 Å². The fraction of sp³-hybridized carbons (Fsp3) is 0.0784. The number of aromatic nitrogens is 3. The topological polar surface area (TPSA) is 65.0 Å². The zero-order valence-corrected chi connectivity index (χ0v) is 30.5. The summed E-state index contributed by atoms with van der Waals surface area (Å²) in [6.07, 6.45) is 14.6. The van der Waals surface area contributed by atoms with Gasteiger partial charge in [0.05, 0.1) is 0 Å². The highest BCUT2D eigenvalue weighted by atomic mass is 16.3. The Hall–Kier alpha value is -7.11. The summed E-state index contributed by atoms with van der Waals surface area (Å²) in [4.78, 5) is 15.1. The third-order valence-electron chi connectivity index (χ3n) is 11.1. The van der Waals surface area contributed by atoms with Crippen molar-refractivity contribution in [3.05, 3.63) is 181 Å². The van der Waals surface area contributed by atoms with Crippen LogP contribution in [0.5, 0.6) is 0 Å². The van der Waals surface area contributed by atoms with E-state index in [1.807, 2.05) is 54.6 Å². The van der Waals surface area contributed by atoms with E-state index >= 15 is 0 Å². The van der Waals surface area contributed by atoms with Gasteiger partial charge in [-0.2, -0.15) is 0 Å². The predicted molar refractivity (Wildman–Crippen MR) is 227 cm³/mol. The minimum atomic E-state index is 0.243. The van der Waals surface area contributed by atoms with Crippen LogP contribution in [-0.4, -0.2) is 15.0 Å². The summed E-state index contributed by atoms with van der Waals surface area (Å²) >= 11 is 0. The molecule has 0 saturated carbocycles. The van der Waals surface area contributed by atoms with E-state index in [2.05, 4.69) is 115 Å². The molecule has 2 aliphatic rings. The Bertz CT molecular complexity index is 3070. The molecule has 56 heavy (non-hydrogen) atoms. The summed E-state index contributed by atoms with van der Waals surface area (Å²) < 4.78 is 12.9. The molecule has 1 atom stereocenters. The van der Waals surface area contributed by atoms with Gasteiger partial charge in [-0.25, -0.2) is 15.0 Å². The van der Waals surface area contributed by atoms with Crippen molar-refractivity contribution >= 4 is 39.0 Å². The van der Waals surface area contributed by atoms with Gasteiger partial charge in [-0.05, 0) is 83.5 Å². The van der Waals surface area contributed by atoms with Crippen LogP contribution in [0.4, 0.5) is 0 Å². The monoisotopic (exact) mass is 721 g/mol. The Kier molecular flexibility index (Phi) is 7.69. The van der Waals surface area contributed by atoms with Crippen molar-refractivity contribution in [2.45, 2.75) is 25.2 Å². The molecule has 5 heteroatoms. The molecule has 0 radical (unpaired) electrons. The van der Waals surface area contributed by atoms with Crippen molar-refractivity contribution in [1.29, 1.82) is 0 Å². The molecular formula is C51H35N3O2. The van der Waals surface area contributed by atoms with Crippen LogP contribution < -0.4 is 0 Å². The van der Waals surface area contributed by atoms with Gasteiger partial charge in [-0.1, -0.05) is 134 Å². The van der Waals surface area contributed by atoms with E-state index in [-0.39, 0.29) is 5.92 Å². The third-order valence-corrected chi connectivity index (χ3v) is 11.1. The van der Waals surface area contributed by atoms with Crippen LogP contribution in [0.15, 0.2) is 178 Å². The molecular weight excluding hydrogens is 687 g/mol. The second-order valence-electron chi connectivity index (χ2n) is 14.6. The third kappa shape index (κ3) is 5.59. The zero-order valence-electron chi connectivity index (χ0n) is 30.5. The number of hydrogen-bond donors (Lipinski definition) is 0. The fourth-order valence-corrected chi connectivity index (χ4v) is 8.38. The largest absolute Gasteiger partial charge is 0.460 e. The quantitative estimate of drug-likeness (QED) is 0.171. The number of furan rings is 2. The van der Waals surface area contributed by atoms with Crippen molar-refractivity contribution in [3.63, 3.8) is 0 Å². The highest BCUT2D eigenvalue weighted by Crippen LogP contribution is 2.45. The molecule has 0 spiro atoms. The average molecular weight is 722 g/mol. The predicted octanol–water partition coefficient (Wildman–Crippen LogP) is 13.6. The van der Waals surface area contributed by atoms with Gasteiger partial charge < -0.3 is 8.83 Å². The van der Waals surface area contributed by atoms with E-state index in [0.717, 1.165) is 85.9 Å². The smallest absolute Gasteiger partial charge is 0.164 e. The maximum Gasteiger partial charge on any atom is 0.164 e. The van der Waals surface area contributed by atoms with E-state index in [9.17, 15) is 0 Å². The number of benzene rings is 6. The van der Waals surface area contributed by atoms with Crippen molar-refractivity contribution in [2.24, 2.45) is 0 Å². The first-order valence-electron chi connectivity index (χ1n) is 19.3. The molecule has 1 unspecified atom stereocenters. The Balaban J connectivity index is 0.991. The van der Waals surface area contributed by atoms with Crippen LogP contribution in [-0.2, 0) is 0 Å². The molecule has 2 aliphatic carbocycles. The first-order chi connectivity index (χ1) is 27.7. The van der Waals surface area contributed by atoms with Gasteiger partial charge in [-0.3, -0.25) is 0 Å². The first kappa shape index (κ1) is 32.3. The maximum absolute atomic E-state index is 6.67. The lowest BCUT2D eigenvalue weighted by atomic mass is 9.83. The highest BCUT2D eigenvalue weighted by molar-refractivity contribution is 6.06. The summed E-state index contributed by atoms with van der Waals surface area (Å²) in [5.74, 6) is 3.13. The van der Waals surface area contributed by atoms with Crippen LogP contribution in [0.1, 0.15) is 36.5 Å². The van der Waals surface area contributed by atoms with Crippen LogP contribution in [0, 0.1) is 0 Å². The molecule has 0 N–H and O–H groups in total. The van der Waals surface area contributed by atoms with Crippen LogP contribution >= 0.6 is 0 Å². The van der Waals surface area contributed by atoms with Crippen molar-refractivity contribution in [3.8, 4) is 56.4 Å². The zero-order chi connectivity index (χ0) is 37.0. The number of nitrogens with zero attached hydrogens (tertiary/aromatic N) is 3. The first-order valence-corrected chi connectivity index (χ1v) is 19.3. The summed E-state index contributed by atoms with van der Waals surface area (Å²) in [6.45, 7) is 0.